The SMILES string of the molecule is CC(C)CCCCCCCCC(=O)N(C)[C@H](CO)C(=O)N[C@H](C)C(=O)NCC(=O)N(C)[C@H]1C(=O)N[C@@H](C)C(=O)N[C@@H](C(=O)O)Cc2cc(c([O-])c(N(O)O)c2)-c2cc1ccc2O. The van der Waals surface area contributed by atoms with Crippen LogP contribution in [0, 0.1) is 5.92 Å². The van der Waals surface area contributed by atoms with Gasteiger partial charge in [0, 0.05) is 32.5 Å². The number of phenolic OH excluding ortho intramolecular Hbond substituents is 1. The van der Waals surface area contributed by atoms with Crippen LogP contribution in [0.5, 0.6) is 11.5 Å². The highest BCUT2D eigenvalue weighted by Crippen LogP contribution is 2.42. The van der Waals surface area contributed by atoms with Gasteiger partial charge in [-0.25, -0.2) is 4.79 Å². The first kappa shape index (κ1) is 50.4. The molecule has 0 saturated carbocycles. The lowest BCUT2D eigenvalue weighted by Crippen LogP contribution is -2.55. The number of rotatable bonds is 19. The number of unbranched alkanes of at least 4 members (excludes halogenated alkanes) is 5. The summed E-state index contributed by atoms with van der Waals surface area (Å²) in [4.78, 5) is 93.9. The second-order valence-corrected chi connectivity index (χ2v) is 16.0. The van der Waals surface area contributed by atoms with Crippen LogP contribution in [-0.2, 0) is 40.0 Å². The van der Waals surface area contributed by atoms with E-state index in [9.17, 15) is 64.4 Å². The first-order valence-corrected chi connectivity index (χ1v) is 20.6. The molecule has 9 N–H and O–H groups in total. The minimum atomic E-state index is -1.63. The molecule has 0 unspecified atom stereocenters. The van der Waals surface area contributed by atoms with E-state index in [-0.39, 0.29) is 34.6 Å². The summed E-state index contributed by atoms with van der Waals surface area (Å²) >= 11 is 0. The number of aliphatic hydroxyl groups is 1. The number of benzene rings is 2. The Kier molecular flexibility index (Phi) is 18.9. The topological polar surface area (TPSA) is 302 Å². The highest BCUT2D eigenvalue weighted by atomic mass is 16.8. The number of likely N-dealkylation sites (N-methyl/N-ethyl adjacent to an activating group) is 2. The molecule has 0 aromatic heterocycles. The summed E-state index contributed by atoms with van der Waals surface area (Å²) in [5.41, 5.74) is -1.27. The Morgan fingerprint density at radius 2 is 1.52 bits per heavy atom. The van der Waals surface area contributed by atoms with Gasteiger partial charge in [-0.15, -0.1) is 5.23 Å². The molecule has 6 amide bonds. The molecule has 1 aliphatic heterocycles. The third-order valence-electron chi connectivity index (χ3n) is 10.7. The normalized spacial score (nSPS) is 17.4. The maximum Gasteiger partial charge on any atom is 0.326 e. The van der Waals surface area contributed by atoms with E-state index in [1.165, 1.54) is 59.0 Å². The maximum atomic E-state index is 13.9. The number of carboxylic acids is 1. The largest absolute Gasteiger partial charge is 0.871 e. The molecule has 2 aromatic rings. The Labute approximate surface area is 360 Å². The molecule has 20 heteroatoms. The molecule has 0 fully saturated rings. The highest BCUT2D eigenvalue weighted by Gasteiger charge is 2.34. The molecule has 3 rings (SSSR count). The summed E-state index contributed by atoms with van der Waals surface area (Å²) < 4.78 is 0. The Balaban J connectivity index is 1.77. The van der Waals surface area contributed by atoms with Crippen LogP contribution in [0.1, 0.15) is 96.2 Å². The number of nitrogens with zero attached hydrogens (tertiary/aromatic N) is 3. The molecule has 62 heavy (non-hydrogen) atoms. The number of carboxylic acid groups (broad SMARTS) is 1. The number of hydrogen-bond acceptors (Lipinski definition) is 13. The first-order valence-electron chi connectivity index (χ1n) is 20.6. The molecule has 20 nitrogen and oxygen atoms in total. The van der Waals surface area contributed by atoms with Crippen molar-refractivity contribution >= 4 is 47.1 Å². The van der Waals surface area contributed by atoms with Crippen molar-refractivity contribution in [2.75, 3.05) is 32.5 Å². The van der Waals surface area contributed by atoms with E-state index in [1.807, 2.05) is 0 Å². The number of nitrogens with one attached hydrogen (secondary N) is 4. The van der Waals surface area contributed by atoms with Gasteiger partial charge in [-0.05, 0) is 61.1 Å². The average Bonchev–Trinajstić information content (AvgIpc) is 3.20. The van der Waals surface area contributed by atoms with E-state index in [0.717, 1.165) is 47.6 Å². The lowest BCUT2D eigenvalue weighted by molar-refractivity contribution is -0.267. The van der Waals surface area contributed by atoms with Crippen molar-refractivity contribution in [3.63, 3.8) is 0 Å². The fraction of sp³-hybridized carbons (Fsp3) is 0.548. The Bertz CT molecular complexity index is 1940. The molecule has 2 aromatic carbocycles. The Morgan fingerprint density at radius 1 is 0.871 bits per heavy atom. The third kappa shape index (κ3) is 13.8. The summed E-state index contributed by atoms with van der Waals surface area (Å²) in [6.45, 7) is 5.53. The second-order valence-electron chi connectivity index (χ2n) is 16.0. The Morgan fingerprint density at radius 3 is 2.13 bits per heavy atom. The van der Waals surface area contributed by atoms with Gasteiger partial charge in [-0.3, -0.25) is 39.2 Å². The van der Waals surface area contributed by atoms with Gasteiger partial charge in [0.25, 0.3) is 0 Å². The number of aliphatic carboxylic acids is 1. The molecule has 0 aliphatic carbocycles. The van der Waals surface area contributed by atoms with E-state index < -0.39 is 108 Å². The third-order valence-corrected chi connectivity index (χ3v) is 10.7. The number of amides is 6. The summed E-state index contributed by atoms with van der Waals surface area (Å²) in [6.07, 6.45) is 6.74. The molecule has 342 valence electrons. The predicted octanol–water partition coefficient (Wildman–Crippen LogP) is 1.06. The summed E-state index contributed by atoms with van der Waals surface area (Å²) in [5.74, 6) is -7.11. The van der Waals surface area contributed by atoms with Crippen LogP contribution in [0.15, 0.2) is 30.3 Å². The van der Waals surface area contributed by atoms with Crippen LogP contribution in [0.2, 0.25) is 0 Å². The highest BCUT2D eigenvalue weighted by molar-refractivity contribution is 5.96. The van der Waals surface area contributed by atoms with Crippen molar-refractivity contribution in [3.8, 4) is 22.6 Å². The van der Waals surface area contributed by atoms with Gasteiger partial charge in [0.1, 0.15) is 36.0 Å². The van der Waals surface area contributed by atoms with Crippen LogP contribution in [0.4, 0.5) is 5.69 Å². The zero-order chi connectivity index (χ0) is 46.4. The van der Waals surface area contributed by atoms with Gasteiger partial charge in [-0.1, -0.05) is 70.3 Å². The van der Waals surface area contributed by atoms with Crippen molar-refractivity contribution in [3.05, 3.63) is 41.5 Å². The van der Waals surface area contributed by atoms with Gasteiger partial charge in [0.15, 0.2) is 0 Å². The van der Waals surface area contributed by atoms with Crippen molar-refractivity contribution < 1.29 is 64.4 Å². The second kappa shape index (κ2) is 23.3. The van der Waals surface area contributed by atoms with Crippen LogP contribution < -0.4 is 31.6 Å². The number of phenols is 1. The summed E-state index contributed by atoms with van der Waals surface area (Å²) in [7, 11) is 2.59. The number of aromatic hydroxyl groups is 1. The van der Waals surface area contributed by atoms with E-state index >= 15 is 0 Å². The molecule has 0 spiro atoms. The number of anilines is 1. The van der Waals surface area contributed by atoms with Crippen molar-refractivity contribution in [2.24, 2.45) is 5.92 Å². The summed E-state index contributed by atoms with van der Waals surface area (Å²) in [6, 6.07) is -1.42. The van der Waals surface area contributed by atoms with Crippen LogP contribution >= 0.6 is 0 Å². The first-order chi connectivity index (χ1) is 29.2. The standard InChI is InChI=1S/C42H61N7O13/c1-23(2)13-11-9-7-8-10-12-14-34(52)47(5)32(22-50)40(57)44-24(3)38(55)43-21-35(53)48(6)36-27-15-16-33(51)28(20-27)29-17-26(19-31(37(29)54)49(61)62)18-30(42(59)60)46-39(56)25(4)45-41(36)58/h15-17,19-20,23-25,30,32,36,50-51,54,61-62H,7-14,18,21-22H2,1-6H3,(H,43,55)(H,44,57)(H,45,58)(H,46,56)(H,59,60)/p-1/t24-,25+,30-,32-,36-/m1/s1. The van der Waals surface area contributed by atoms with E-state index in [1.54, 1.807) is 0 Å². The molecule has 1 heterocycles. The van der Waals surface area contributed by atoms with Crippen molar-refractivity contribution in [1.82, 2.24) is 31.1 Å². The fourth-order valence-corrected chi connectivity index (χ4v) is 6.95. The number of hydrogen-bond donors (Lipinski definition) is 9. The monoisotopic (exact) mass is 870 g/mol. The van der Waals surface area contributed by atoms with E-state index in [0.29, 0.717) is 12.3 Å². The van der Waals surface area contributed by atoms with Crippen molar-refractivity contribution in [2.45, 2.75) is 116 Å². The minimum absolute atomic E-state index is 0.00629. The molecule has 5 atom stereocenters. The predicted molar refractivity (Wildman–Crippen MR) is 221 cm³/mol. The van der Waals surface area contributed by atoms with Gasteiger partial charge < -0.3 is 51.5 Å². The molecule has 4 bridgehead atoms. The van der Waals surface area contributed by atoms with Gasteiger partial charge in [0.2, 0.25) is 35.4 Å². The average molecular weight is 871 g/mol. The number of aliphatic hydroxyl groups excluding tert-OH is 1. The van der Waals surface area contributed by atoms with E-state index in [2.05, 4.69) is 35.1 Å². The summed E-state index contributed by atoms with van der Waals surface area (Å²) in [5, 5.41) is 72.9. The number of carbonyl (C=O) groups excluding carboxylic acids is 6. The minimum Gasteiger partial charge on any atom is -0.871 e. The van der Waals surface area contributed by atoms with E-state index in [4.69, 9.17) is 0 Å². The van der Waals surface area contributed by atoms with Crippen LogP contribution in [0.3, 0.4) is 0 Å². The number of fused-ring (bicyclic) bond motifs is 5. The zero-order valence-electron chi connectivity index (χ0n) is 36.0. The maximum absolute atomic E-state index is 13.9. The van der Waals surface area contributed by atoms with Gasteiger partial charge in [-0.2, -0.15) is 0 Å². The van der Waals surface area contributed by atoms with Gasteiger partial charge >= 0.3 is 5.97 Å². The van der Waals surface area contributed by atoms with Crippen molar-refractivity contribution in [1.29, 1.82) is 0 Å². The molecule has 1 aliphatic rings. The quantitative estimate of drug-likeness (QED) is 0.0705. The molecular weight excluding hydrogens is 810 g/mol. The van der Waals surface area contributed by atoms with Crippen LogP contribution in [0.25, 0.3) is 11.1 Å². The zero-order valence-corrected chi connectivity index (χ0v) is 36.0. The molecular formula is C42H60N7O13-. The fourth-order valence-electron chi connectivity index (χ4n) is 6.95. The molecule has 0 saturated heterocycles. The smallest absolute Gasteiger partial charge is 0.326 e. The number of carbonyl (C=O) groups is 7. The van der Waals surface area contributed by atoms with Gasteiger partial charge in [0.05, 0.1) is 18.8 Å². The lowest BCUT2D eigenvalue weighted by atomic mass is 9.93. The molecule has 0 radical (unpaired) electrons. The lowest BCUT2D eigenvalue weighted by Gasteiger charge is -2.31. The Hall–Kier alpha value is -5.99. The van der Waals surface area contributed by atoms with Crippen LogP contribution in [-0.4, -0.2) is 128 Å².